The molecule has 104 valence electrons. The first-order valence-electron chi connectivity index (χ1n) is 5.37. The molecular formula is C12H9F5O2. The van der Waals surface area contributed by atoms with E-state index >= 15 is 0 Å². The second kappa shape index (κ2) is 4.47. The first-order valence-corrected chi connectivity index (χ1v) is 5.37. The van der Waals surface area contributed by atoms with Crippen molar-refractivity contribution in [2.45, 2.75) is 18.2 Å². The zero-order valence-corrected chi connectivity index (χ0v) is 9.56. The van der Waals surface area contributed by atoms with Gasteiger partial charge < -0.3 is 4.74 Å². The zero-order valence-electron chi connectivity index (χ0n) is 9.56. The van der Waals surface area contributed by atoms with Crippen LogP contribution in [0.2, 0.25) is 0 Å². The van der Waals surface area contributed by atoms with E-state index in [-0.39, 0.29) is 11.3 Å². The third-order valence-electron chi connectivity index (χ3n) is 2.90. The summed E-state index contributed by atoms with van der Waals surface area (Å²) in [6.45, 7) is -2.45. The Morgan fingerprint density at radius 2 is 1.84 bits per heavy atom. The maximum absolute atomic E-state index is 12.8. The third-order valence-corrected chi connectivity index (χ3v) is 2.90. The van der Waals surface area contributed by atoms with Crippen LogP contribution in [0.25, 0.3) is 0 Å². The van der Waals surface area contributed by atoms with E-state index in [2.05, 4.69) is 0 Å². The van der Waals surface area contributed by atoms with Gasteiger partial charge in [-0.2, -0.15) is 13.2 Å². The highest BCUT2D eigenvalue weighted by atomic mass is 19.4. The fraction of sp³-hybridized carbons (Fsp3) is 0.417. The Labute approximate surface area is 105 Å². The molecule has 0 saturated carbocycles. The molecule has 0 saturated heterocycles. The molecule has 1 heterocycles. The van der Waals surface area contributed by atoms with E-state index in [9.17, 15) is 26.7 Å². The lowest BCUT2D eigenvalue weighted by Gasteiger charge is -2.33. The topological polar surface area (TPSA) is 26.3 Å². The minimum Gasteiger partial charge on any atom is -0.481 e. The minimum absolute atomic E-state index is 0.223. The monoisotopic (exact) mass is 280 g/mol. The Hall–Kier alpha value is -1.66. The summed E-state index contributed by atoms with van der Waals surface area (Å²) in [5, 5.41) is 0. The van der Waals surface area contributed by atoms with Gasteiger partial charge in [-0.1, -0.05) is 0 Å². The van der Waals surface area contributed by atoms with E-state index in [4.69, 9.17) is 4.74 Å². The average molecular weight is 280 g/mol. The maximum atomic E-state index is 12.8. The van der Waals surface area contributed by atoms with Crippen molar-refractivity contribution in [3.63, 3.8) is 0 Å². The normalized spacial score (nSPS) is 17.8. The van der Waals surface area contributed by atoms with Crippen LogP contribution in [0.15, 0.2) is 18.2 Å². The van der Waals surface area contributed by atoms with Crippen LogP contribution in [0.1, 0.15) is 22.3 Å². The zero-order chi connectivity index (χ0) is 14.3. The molecule has 0 fully saturated rings. The van der Waals surface area contributed by atoms with Gasteiger partial charge in [-0.15, -0.1) is 0 Å². The largest absolute Gasteiger partial charge is 0.481 e. The Morgan fingerprint density at radius 1 is 1.21 bits per heavy atom. The summed E-state index contributed by atoms with van der Waals surface area (Å²) >= 11 is 0. The molecule has 0 atom stereocenters. The van der Waals surface area contributed by atoms with Gasteiger partial charge in [0.2, 0.25) is 0 Å². The molecule has 0 aliphatic carbocycles. The molecule has 2 rings (SSSR count). The number of carbonyl (C=O) groups is 1. The molecule has 1 aromatic rings. The molecule has 0 amide bonds. The SMILES string of the molecule is O=C1CC(CF)(CF)Oc2ccc(C(F)(F)F)cc21. The molecule has 0 radical (unpaired) electrons. The van der Waals surface area contributed by atoms with Crippen LogP contribution in [0.5, 0.6) is 5.75 Å². The van der Waals surface area contributed by atoms with Crippen molar-refractivity contribution in [3.05, 3.63) is 29.3 Å². The lowest BCUT2D eigenvalue weighted by molar-refractivity contribution is -0.137. The molecule has 19 heavy (non-hydrogen) atoms. The van der Waals surface area contributed by atoms with E-state index in [1.807, 2.05) is 0 Å². The second-order valence-electron chi connectivity index (χ2n) is 4.36. The number of halogens is 5. The van der Waals surface area contributed by atoms with Crippen LogP contribution >= 0.6 is 0 Å². The standard InChI is InChI=1S/C12H9F5O2/c13-5-11(6-14)4-9(18)8-3-7(12(15,16)17)1-2-10(8)19-11/h1-3H,4-6H2. The highest BCUT2D eigenvalue weighted by Gasteiger charge is 2.42. The number of ketones is 1. The second-order valence-corrected chi connectivity index (χ2v) is 4.36. The third kappa shape index (κ3) is 2.41. The van der Waals surface area contributed by atoms with E-state index in [1.165, 1.54) is 0 Å². The molecule has 0 spiro atoms. The first-order chi connectivity index (χ1) is 8.81. The smallest absolute Gasteiger partial charge is 0.416 e. The van der Waals surface area contributed by atoms with Crippen LogP contribution in [0.4, 0.5) is 22.0 Å². The summed E-state index contributed by atoms with van der Waals surface area (Å²) in [6, 6.07) is 2.26. The van der Waals surface area contributed by atoms with Crippen molar-refractivity contribution in [2.75, 3.05) is 13.3 Å². The quantitative estimate of drug-likeness (QED) is 0.777. The first kappa shape index (κ1) is 13.8. The van der Waals surface area contributed by atoms with Crippen molar-refractivity contribution in [1.29, 1.82) is 0 Å². The van der Waals surface area contributed by atoms with Crippen molar-refractivity contribution in [1.82, 2.24) is 0 Å². The average Bonchev–Trinajstić information content (AvgIpc) is 2.37. The highest BCUT2D eigenvalue weighted by Crippen LogP contribution is 2.38. The van der Waals surface area contributed by atoms with Crippen molar-refractivity contribution in [2.24, 2.45) is 0 Å². The Bertz CT molecular complexity index is 505. The number of ether oxygens (including phenoxy) is 1. The van der Waals surface area contributed by atoms with Crippen molar-refractivity contribution in [3.8, 4) is 5.75 Å². The number of benzene rings is 1. The van der Waals surface area contributed by atoms with Crippen LogP contribution in [-0.2, 0) is 6.18 Å². The van der Waals surface area contributed by atoms with Gasteiger partial charge in [0, 0.05) is 0 Å². The molecule has 7 heteroatoms. The fourth-order valence-corrected chi connectivity index (χ4v) is 1.86. The number of fused-ring (bicyclic) bond motifs is 1. The minimum atomic E-state index is -4.59. The Balaban J connectivity index is 2.44. The highest BCUT2D eigenvalue weighted by molar-refractivity contribution is 6.00. The van der Waals surface area contributed by atoms with Crippen molar-refractivity contribution >= 4 is 5.78 Å². The number of hydrogen-bond acceptors (Lipinski definition) is 2. The summed E-state index contributed by atoms with van der Waals surface area (Å²) in [7, 11) is 0. The van der Waals surface area contributed by atoms with Gasteiger partial charge in [0.25, 0.3) is 0 Å². The summed E-state index contributed by atoms with van der Waals surface area (Å²) < 4.78 is 68.1. The van der Waals surface area contributed by atoms with E-state index in [1.54, 1.807) is 0 Å². The molecule has 2 nitrogen and oxygen atoms in total. The molecule has 1 aliphatic heterocycles. The van der Waals surface area contributed by atoms with E-state index in [0.717, 1.165) is 6.07 Å². The predicted octanol–water partition coefficient (Wildman–Crippen LogP) is 3.35. The van der Waals surface area contributed by atoms with Gasteiger partial charge in [0.05, 0.1) is 17.5 Å². The lowest BCUT2D eigenvalue weighted by atomic mass is 9.91. The molecule has 1 aliphatic rings. The number of rotatable bonds is 2. The number of Topliss-reactive ketones (excluding diaryl/α,β-unsaturated/α-hetero) is 1. The summed E-state index contributed by atoms with van der Waals surface area (Å²) in [4.78, 5) is 11.7. The van der Waals surface area contributed by atoms with Crippen LogP contribution in [0, 0.1) is 0 Å². The Morgan fingerprint density at radius 3 is 2.37 bits per heavy atom. The lowest BCUT2D eigenvalue weighted by Crippen LogP contribution is -2.46. The van der Waals surface area contributed by atoms with E-state index in [0.29, 0.717) is 12.1 Å². The Kier molecular flexibility index (Phi) is 3.24. The van der Waals surface area contributed by atoms with Gasteiger partial charge >= 0.3 is 6.18 Å². The number of alkyl halides is 5. The number of hydrogen-bond donors (Lipinski definition) is 0. The molecule has 0 unspecified atom stereocenters. The summed E-state index contributed by atoms with van der Waals surface area (Å²) in [6.07, 6.45) is -5.21. The molecule has 0 N–H and O–H groups in total. The van der Waals surface area contributed by atoms with Gasteiger partial charge in [-0.25, -0.2) is 8.78 Å². The van der Waals surface area contributed by atoms with Gasteiger partial charge in [0.1, 0.15) is 19.1 Å². The molecular weight excluding hydrogens is 271 g/mol. The molecule has 0 aromatic heterocycles. The van der Waals surface area contributed by atoms with Gasteiger partial charge in [0.15, 0.2) is 11.4 Å². The number of carbonyl (C=O) groups excluding carboxylic acids is 1. The predicted molar refractivity (Wildman–Crippen MR) is 55.7 cm³/mol. The van der Waals surface area contributed by atoms with E-state index < -0.39 is 42.9 Å². The maximum Gasteiger partial charge on any atom is 0.416 e. The molecule has 0 bridgehead atoms. The molecule has 1 aromatic carbocycles. The van der Waals surface area contributed by atoms with Gasteiger partial charge in [-0.05, 0) is 18.2 Å². The van der Waals surface area contributed by atoms with Crippen LogP contribution in [-0.4, -0.2) is 24.7 Å². The summed E-state index contributed by atoms with van der Waals surface area (Å²) in [5.41, 5.74) is -3.22. The van der Waals surface area contributed by atoms with Crippen molar-refractivity contribution < 1.29 is 31.5 Å². The fourth-order valence-electron chi connectivity index (χ4n) is 1.86. The van der Waals surface area contributed by atoms with Crippen LogP contribution in [0.3, 0.4) is 0 Å². The van der Waals surface area contributed by atoms with Gasteiger partial charge in [-0.3, -0.25) is 4.79 Å². The van der Waals surface area contributed by atoms with Crippen LogP contribution < -0.4 is 4.74 Å². The summed E-state index contributed by atoms with van der Waals surface area (Å²) in [5.74, 6) is -0.984.